The van der Waals surface area contributed by atoms with Crippen molar-refractivity contribution < 1.29 is 22.0 Å². The lowest BCUT2D eigenvalue weighted by atomic mass is 10.3. The number of nitrogens with zero attached hydrogens (tertiary/aromatic N) is 4. The van der Waals surface area contributed by atoms with Gasteiger partial charge in [-0.2, -0.15) is 8.78 Å². The number of rotatable bonds is 6. The number of alkyl halides is 2. The van der Waals surface area contributed by atoms with E-state index in [0.717, 1.165) is 12.0 Å². The Morgan fingerprint density at radius 2 is 1.89 bits per heavy atom. The zero-order valence-electron chi connectivity index (χ0n) is 15.3. The molecule has 0 bridgehead atoms. The maximum Gasteiger partial charge on any atom is 0.341 e. The van der Waals surface area contributed by atoms with Crippen molar-refractivity contribution in [2.24, 2.45) is 7.05 Å². The van der Waals surface area contributed by atoms with E-state index in [4.69, 9.17) is 0 Å². The topological polar surface area (TPSA) is 87.5 Å². The molecule has 1 N–H and O–H groups in total. The van der Waals surface area contributed by atoms with Crippen molar-refractivity contribution in [2.75, 3.05) is 42.9 Å². The molecule has 2 aromatic rings. The standard InChI is InChI=1S/C17H21F2N5O3S/c1-22-7-6-20-17(22)24-10-8-23(9-11-24)12-15(25)21-13-4-2-3-5-14(13)28(26,27)16(18)19/h2-7,16H,8-12H2,1H3,(H,21,25). The Kier molecular flexibility index (Phi) is 5.94. The first kappa shape index (κ1) is 20.2. The Bertz CT molecular complexity index is 940. The smallest absolute Gasteiger partial charge is 0.340 e. The van der Waals surface area contributed by atoms with E-state index >= 15 is 0 Å². The van der Waals surface area contributed by atoms with Crippen LogP contribution in [0.2, 0.25) is 0 Å². The van der Waals surface area contributed by atoms with Crippen LogP contribution in [-0.2, 0) is 21.7 Å². The van der Waals surface area contributed by atoms with Gasteiger partial charge in [0, 0.05) is 45.6 Å². The zero-order valence-corrected chi connectivity index (χ0v) is 16.1. The van der Waals surface area contributed by atoms with Gasteiger partial charge in [-0.25, -0.2) is 13.4 Å². The molecular formula is C17H21F2N5O3S. The van der Waals surface area contributed by atoms with Crippen molar-refractivity contribution in [3.05, 3.63) is 36.7 Å². The van der Waals surface area contributed by atoms with Crippen LogP contribution in [0.4, 0.5) is 20.4 Å². The first-order chi connectivity index (χ1) is 13.3. The van der Waals surface area contributed by atoms with Crippen LogP contribution in [0.5, 0.6) is 0 Å². The van der Waals surface area contributed by atoms with Gasteiger partial charge >= 0.3 is 5.76 Å². The van der Waals surface area contributed by atoms with Gasteiger partial charge in [0.25, 0.3) is 0 Å². The van der Waals surface area contributed by atoms with Gasteiger partial charge < -0.3 is 14.8 Å². The molecule has 1 aromatic heterocycles. The molecule has 1 fully saturated rings. The second-order valence-electron chi connectivity index (χ2n) is 6.45. The van der Waals surface area contributed by atoms with E-state index < -0.39 is 26.4 Å². The molecule has 0 atom stereocenters. The molecule has 11 heteroatoms. The number of sulfone groups is 1. The first-order valence-corrected chi connectivity index (χ1v) is 10.2. The summed E-state index contributed by atoms with van der Waals surface area (Å²) in [6.45, 7) is 2.66. The largest absolute Gasteiger partial charge is 0.341 e. The van der Waals surface area contributed by atoms with Crippen LogP contribution in [0, 0.1) is 0 Å². The molecule has 28 heavy (non-hydrogen) atoms. The molecule has 2 heterocycles. The lowest BCUT2D eigenvalue weighted by molar-refractivity contribution is -0.117. The number of nitrogens with one attached hydrogen (secondary N) is 1. The Hall–Kier alpha value is -2.53. The summed E-state index contributed by atoms with van der Waals surface area (Å²) in [4.78, 5) is 20.1. The number of benzene rings is 1. The van der Waals surface area contributed by atoms with Crippen molar-refractivity contribution in [3.63, 3.8) is 0 Å². The lowest BCUT2D eigenvalue weighted by Gasteiger charge is -2.34. The van der Waals surface area contributed by atoms with E-state index in [1.165, 1.54) is 18.2 Å². The highest BCUT2D eigenvalue weighted by Crippen LogP contribution is 2.26. The zero-order chi connectivity index (χ0) is 20.3. The number of hydrogen-bond donors (Lipinski definition) is 1. The van der Waals surface area contributed by atoms with Crippen LogP contribution in [0.3, 0.4) is 0 Å². The van der Waals surface area contributed by atoms with Gasteiger partial charge in [0.2, 0.25) is 21.7 Å². The third kappa shape index (κ3) is 4.30. The summed E-state index contributed by atoms with van der Waals surface area (Å²) >= 11 is 0. The molecule has 1 aromatic carbocycles. The fraction of sp³-hybridized carbons (Fsp3) is 0.412. The highest BCUT2D eigenvalue weighted by Gasteiger charge is 2.29. The molecule has 1 aliphatic heterocycles. The van der Waals surface area contributed by atoms with E-state index in [0.29, 0.717) is 26.2 Å². The monoisotopic (exact) mass is 413 g/mol. The van der Waals surface area contributed by atoms with E-state index in [2.05, 4.69) is 15.2 Å². The summed E-state index contributed by atoms with van der Waals surface area (Å²) in [5.74, 6) is -3.15. The minimum atomic E-state index is -4.80. The quantitative estimate of drug-likeness (QED) is 0.765. The molecule has 1 saturated heterocycles. The predicted octanol–water partition coefficient (Wildman–Crippen LogP) is 1.18. The predicted molar refractivity (Wildman–Crippen MR) is 100 cm³/mol. The van der Waals surface area contributed by atoms with Crippen LogP contribution in [-0.4, -0.2) is 67.3 Å². The summed E-state index contributed by atoms with van der Waals surface area (Å²) in [7, 11) is -2.89. The van der Waals surface area contributed by atoms with Crippen molar-refractivity contribution in [1.29, 1.82) is 0 Å². The summed E-state index contributed by atoms with van der Waals surface area (Å²) in [5.41, 5.74) is -0.139. The molecule has 1 aliphatic rings. The van der Waals surface area contributed by atoms with E-state index in [1.807, 2.05) is 22.7 Å². The number of amides is 1. The Morgan fingerprint density at radius 3 is 2.50 bits per heavy atom. The van der Waals surface area contributed by atoms with E-state index in [1.54, 1.807) is 6.20 Å². The van der Waals surface area contributed by atoms with Gasteiger partial charge in [-0.3, -0.25) is 9.69 Å². The number of hydrogen-bond acceptors (Lipinski definition) is 6. The number of piperazine rings is 1. The number of para-hydroxylation sites is 1. The Balaban J connectivity index is 1.60. The van der Waals surface area contributed by atoms with Crippen molar-refractivity contribution in [2.45, 2.75) is 10.7 Å². The third-order valence-electron chi connectivity index (χ3n) is 4.52. The molecule has 0 unspecified atom stereocenters. The van der Waals surface area contributed by atoms with Gasteiger partial charge in [0.05, 0.1) is 17.1 Å². The molecule has 0 radical (unpaired) electrons. The number of aryl methyl sites for hydroxylation is 1. The summed E-state index contributed by atoms with van der Waals surface area (Å²) < 4.78 is 51.2. The van der Waals surface area contributed by atoms with Crippen molar-refractivity contribution >= 4 is 27.4 Å². The number of halogens is 2. The highest BCUT2D eigenvalue weighted by atomic mass is 32.2. The van der Waals surface area contributed by atoms with Crippen LogP contribution in [0.15, 0.2) is 41.6 Å². The normalized spacial score (nSPS) is 15.8. The Morgan fingerprint density at radius 1 is 1.21 bits per heavy atom. The second kappa shape index (κ2) is 8.23. The van der Waals surface area contributed by atoms with E-state index in [-0.39, 0.29) is 12.2 Å². The van der Waals surface area contributed by atoms with E-state index in [9.17, 15) is 22.0 Å². The number of aromatic nitrogens is 2. The van der Waals surface area contributed by atoms with Gasteiger partial charge in [0.15, 0.2) is 0 Å². The van der Waals surface area contributed by atoms with Crippen LogP contribution < -0.4 is 10.2 Å². The average Bonchev–Trinajstić information content (AvgIpc) is 3.08. The lowest BCUT2D eigenvalue weighted by Crippen LogP contribution is -2.49. The van der Waals surface area contributed by atoms with Gasteiger partial charge in [-0.1, -0.05) is 12.1 Å². The number of carbonyl (C=O) groups is 1. The molecular weight excluding hydrogens is 392 g/mol. The molecule has 8 nitrogen and oxygen atoms in total. The van der Waals surface area contributed by atoms with Crippen LogP contribution in [0.1, 0.15) is 0 Å². The van der Waals surface area contributed by atoms with Gasteiger partial charge in [-0.15, -0.1) is 0 Å². The van der Waals surface area contributed by atoms with Crippen molar-refractivity contribution in [3.8, 4) is 0 Å². The third-order valence-corrected chi connectivity index (χ3v) is 5.96. The number of imidazole rings is 1. The second-order valence-corrected chi connectivity index (χ2v) is 8.34. The van der Waals surface area contributed by atoms with Gasteiger partial charge in [-0.05, 0) is 12.1 Å². The molecule has 3 rings (SSSR count). The highest BCUT2D eigenvalue weighted by molar-refractivity contribution is 7.91. The minimum absolute atomic E-state index is 0.0392. The molecule has 0 aliphatic carbocycles. The molecule has 0 spiro atoms. The Labute approximate surface area is 161 Å². The number of anilines is 2. The molecule has 1 amide bonds. The molecule has 152 valence electrons. The van der Waals surface area contributed by atoms with Crippen molar-refractivity contribution in [1.82, 2.24) is 14.5 Å². The average molecular weight is 413 g/mol. The first-order valence-electron chi connectivity index (χ1n) is 8.64. The summed E-state index contributed by atoms with van der Waals surface area (Å²) in [5, 5.41) is 2.44. The summed E-state index contributed by atoms with van der Waals surface area (Å²) in [6.07, 6.45) is 3.58. The minimum Gasteiger partial charge on any atom is -0.340 e. The summed E-state index contributed by atoms with van der Waals surface area (Å²) in [6, 6.07) is 5.17. The van der Waals surface area contributed by atoms with Crippen LogP contribution in [0.25, 0.3) is 0 Å². The van der Waals surface area contributed by atoms with Crippen LogP contribution >= 0.6 is 0 Å². The fourth-order valence-electron chi connectivity index (χ4n) is 3.08. The number of carbonyl (C=O) groups excluding carboxylic acids is 1. The molecule has 0 saturated carbocycles. The maximum absolute atomic E-state index is 12.8. The fourth-order valence-corrected chi connectivity index (χ4v) is 3.96. The maximum atomic E-state index is 12.8. The SMILES string of the molecule is Cn1ccnc1N1CCN(CC(=O)Nc2ccccc2S(=O)(=O)C(F)F)CC1. The van der Waals surface area contributed by atoms with Gasteiger partial charge in [0.1, 0.15) is 0 Å².